The number of nitrogens with one attached hydrogen (secondary N) is 1. The predicted octanol–water partition coefficient (Wildman–Crippen LogP) is 3.65. The minimum atomic E-state index is -2.63. The number of hydrogen-bond donors (Lipinski definition) is 1. The maximum absolute atomic E-state index is 13.5. The first-order valence-electron chi connectivity index (χ1n) is 10.1. The summed E-state index contributed by atoms with van der Waals surface area (Å²) in [5.74, 6) is 0.207. The van der Waals surface area contributed by atoms with Crippen LogP contribution in [0.5, 0.6) is 0 Å². The Morgan fingerprint density at radius 2 is 2.13 bits per heavy atom. The van der Waals surface area contributed by atoms with Gasteiger partial charge in [-0.05, 0) is 31.0 Å². The van der Waals surface area contributed by atoms with E-state index in [4.69, 9.17) is 4.42 Å². The number of pyridine rings is 1. The van der Waals surface area contributed by atoms with Crippen LogP contribution in [-0.4, -0.2) is 41.9 Å². The number of alkyl halides is 2. The third kappa shape index (κ3) is 2.85. The highest BCUT2D eigenvalue weighted by Crippen LogP contribution is 2.42. The van der Waals surface area contributed by atoms with E-state index < -0.39 is 12.5 Å². The van der Waals surface area contributed by atoms with Crippen molar-refractivity contribution in [3.8, 4) is 0 Å². The molecule has 2 aliphatic rings. The molecule has 1 N–H and O–H groups in total. The lowest BCUT2D eigenvalue weighted by atomic mass is 9.98. The summed E-state index contributed by atoms with van der Waals surface area (Å²) in [4.78, 5) is 27.0. The zero-order chi connectivity index (χ0) is 21.1. The fourth-order valence-corrected chi connectivity index (χ4v) is 4.36. The van der Waals surface area contributed by atoms with Gasteiger partial charge < -0.3 is 14.3 Å². The van der Waals surface area contributed by atoms with Crippen LogP contribution in [0, 0.1) is 0 Å². The molecule has 8 nitrogen and oxygen atoms in total. The van der Waals surface area contributed by atoms with Gasteiger partial charge in [0.05, 0.1) is 28.9 Å². The molecule has 1 unspecified atom stereocenters. The standard InChI is InChI=1S/C21H18F2N6O2/c22-20(23)12-2-1-6-29-15(12)8-14(27-29)18-17-13(24-9-25-17)5-7-28(18)21(30)19-16(11-3-4-11)26-10-31-19/h1-2,6,8-11,18,20H,3-5,7H2,(H,24,25). The van der Waals surface area contributed by atoms with Crippen LogP contribution in [0.4, 0.5) is 8.78 Å². The Kier molecular flexibility index (Phi) is 3.95. The van der Waals surface area contributed by atoms with Crippen molar-refractivity contribution in [2.75, 3.05) is 6.54 Å². The molecule has 10 heteroatoms. The Bertz CT molecular complexity index is 1290. The van der Waals surface area contributed by atoms with Crippen LogP contribution < -0.4 is 0 Å². The lowest BCUT2D eigenvalue weighted by Gasteiger charge is -2.33. The summed E-state index contributed by atoms with van der Waals surface area (Å²) < 4.78 is 33.9. The summed E-state index contributed by atoms with van der Waals surface area (Å²) >= 11 is 0. The minimum absolute atomic E-state index is 0.108. The van der Waals surface area contributed by atoms with Crippen molar-refractivity contribution in [1.82, 2.24) is 29.5 Å². The van der Waals surface area contributed by atoms with Crippen molar-refractivity contribution >= 4 is 11.4 Å². The number of halogens is 2. The Morgan fingerprint density at radius 1 is 1.26 bits per heavy atom. The van der Waals surface area contributed by atoms with Crippen molar-refractivity contribution < 1.29 is 18.0 Å². The van der Waals surface area contributed by atoms with Crippen molar-refractivity contribution in [2.24, 2.45) is 0 Å². The fourth-order valence-electron chi connectivity index (χ4n) is 4.36. The first-order chi connectivity index (χ1) is 15.1. The maximum Gasteiger partial charge on any atom is 0.292 e. The number of hydrogen-bond acceptors (Lipinski definition) is 5. The van der Waals surface area contributed by atoms with E-state index in [9.17, 15) is 13.6 Å². The monoisotopic (exact) mass is 424 g/mol. The SMILES string of the molecule is O=C(c1ocnc1C1CC1)N1CCc2[nH]cnc2C1c1cc2c(C(F)F)cccn2n1. The Hall–Kier alpha value is -3.56. The molecule has 1 fully saturated rings. The normalized spacial score (nSPS) is 18.7. The van der Waals surface area contributed by atoms with Crippen molar-refractivity contribution in [2.45, 2.75) is 37.6 Å². The van der Waals surface area contributed by atoms with Crippen LogP contribution in [0.1, 0.15) is 70.1 Å². The lowest BCUT2D eigenvalue weighted by molar-refractivity contribution is 0.0652. The highest BCUT2D eigenvalue weighted by atomic mass is 19.3. The van der Waals surface area contributed by atoms with Gasteiger partial charge in [0.1, 0.15) is 6.04 Å². The molecule has 1 atom stereocenters. The summed E-state index contributed by atoms with van der Waals surface area (Å²) in [5.41, 5.74) is 2.92. The molecule has 0 radical (unpaired) electrons. The van der Waals surface area contributed by atoms with Gasteiger partial charge in [-0.3, -0.25) is 4.79 Å². The first kappa shape index (κ1) is 18.2. The topological polar surface area (TPSA) is 92.3 Å². The van der Waals surface area contributed by atoms with Gasteiger partial charge in [0, 0.05) is 36.3 Å². The highest BCUT2D eigenvalue weighted by molar-refractivity contribution is 5.93. The van der Waals surface area contributed by atoms with Gasteiger partial charge in [0.2, 0.25) is 5.76 Å². The largest absolute Gasteiger partial charge is 0.438 e. The van der Waals surface area contributed by atoms with E-state index in [0.29, 0.717) is 35.6 Å². The molecule has 158 valence electrons. The van der Waals surface area contributed by atoms with E-state index in [-0.39, 0.29) is 23.1 Å². The number of H-pyrrole nitrogens is 1. The zero-order valence-electron chi connectivity index (χ0n) is 16.3. The molecular weight excluding hydrogens is 406 g/mol. The fraction of sp³-hybridized carbons (Fsp3) is 0.333. The van der Waals surface area contributed by atoms with E-state index in [1.165, 1.54) is 23.0 Å². The summed E-state index contributed by atoms with van der Waals surface area (Å²) in [6.45, 7) is 0.416. The summed E-state index contributed by atoms with van der Waals surface area (Å²) in [6.07, 6.45) is 4.45. The molecule has 0 saturated heterocycles. The number of fused-ring (bicyclic) bond motifs is 2. The van der Waals surface area contributed by atoms with Crippen molar-refractivity contribution in [3.05, 3.63) is 71.2 Å². The number of imidazole rings is 1. The van der Waals surface area contributed by atoms with Gasteiger partial charge in [-0.15, -0.1) is 0 Å². The smallest absolute Gasteiger partial charge is 0.292 e. The molecular formula is C21H18F2N6O2. The zero-order valence-corrected chi connectivity index (χ0v) is 16.3. The highest BCUT2D eigenvalue weighted by Gasteiger charge is 2.40. The number of carbonyl (C=O) groups is 1. The second-order valence-electron chi connectivity index (χ2n) is 7.92. The number of amides is 1. The van der Waals surface area contributed by atoms with E-state index in [2.05, 4.69) is 20.1 Å². The molecule has 0 spiro atoms. The summed E-state index contributed by atoms with van der Waals surface area (Å²) in [6, 6.07) is 3.90. The number of aromatic nitrogens is 5. The second-order valence-corrected chi connectivity index (χ2v) is 7.92. The third-order valence-electron chi connectivity index (χ3n) is 6.01. The van der Waals surface area contributed by atoms with Crippen LogP contribution in [-0.2, 0) is 6.42 Å². The molecule has 1 amide bonds. The van der Waals surface area contributed by atoms with E-state index in [1.807, 2.05) is 0 Å². The van der Waals surface area contributed by atoms with Crippen molar-refractivity contribution in [1.29, 1.82) is 0 Å². The quantitative estimate of drug-likeness (QED) is 0.540. The molecule has 1 saturated carbocycles. The molecule has 1 aliphatic heterocycles. The Labute approximate surface area is 174 Å². The molecule has 0 aromatic carbocycles. The number of aromatic amines is 1. The number of nitrogens with zero attached hydrogens (tertiary/aromatic N) is 5. The first-order valence-corrected chi connectivity index (χ1v) is 10.1. The molecule has 6 rings (SSSR count). The maximum atomic E-state index is 13.5. The Balaban J connectivity index is 1.47. The van der Waals surface area contributed by atoms with Gasteiger partial charge in [0.25, 0.3) is 12.3 Å². The summed E-state index contributed by atoms with van der Waals surface area (Å²) in [7, 11) is 0. The average Bonchev–Trinajstić information content (AvgIpc) is 3.19. The van der Waals surface area contributed by atoms with E-state index >= 15 is 0 Å². The van der Waals surface area contributed by atoms with Crippen LogP contribution in [0.15, 0.2) is 41.5 Å². The molecule has 31 heavy (non-hydrogen) atoms. The Morgan fingerprint density at radius 3 is 2.94 bits per heavy atom. The van der Waals surface area contributed by atoms with Gasteiger partial charge >= 0.3 is 0 Å². The van der Waals surface area contributed by atoms with E-state index in [0.717, 1.165) is 18.5 Å². The van der Waals surface area contributed by atoms with Crippen LogP contribution in [0.3, 0.4) is 0 Å². The summed E-state index contributed by atoms with van der Waals surface area (Å²) in [5, 5.41) is 4.53. The number of oxazole rings is 1. The minimum Gasteiger partial charge on any atom is -0.438 e. The molecule has 4 aromatic heterocycles. The third-order valence-corrected chi connectivity index (χ3v) is 6.01. The van der Waals surface area contributed by atoms with Crippen LogP contribution >= 0.6 is 0 Å². The lowest BCUT2D eigenvalue weighted by Crippen LogP contribution is -2.41. The van der Waals surface area contributed by atoms with Gasteiger partial charge in [-0.25, -0.2) is 23.3 Å². The van der Waals surface area contributed by atoms with Gasteiger partial charge in [0.15, 0.2) is 6.39 Å². The predicted molar refractivity (Wildman–Crippen MR) is 104 cm³/mol. The number of rotatable bonds is 4. The molecule has 4 aromatic rings. The van der Waals surface area contributed by atoms with Gasteiger partial charge in [-0.2, -0.15) is 5.10 Å². The average molecular weight is 424 g/mol. The second kappa shape index (κ2) is 6.73. The van der Waals surface area contributed by atoms with Crippen LogP contribution in [0.25, 0.3) is 5.52 Å². The molecule has 1 aliphatic carbocycles. The van der Waals surface area contributed by atoms with Crippen molar-refractivity contribution in [3.63, 3.8) is 0 Å². The van der Waals surface area contributed by atoms with E-state index in [1.54, 1.807) is 23.5 Å². The van der Waals surface area contributed by atoms with Gasteiger partial charge in [-0.1, -0.05) is 0 Å². The van der Waals surface area contributed by atoms with Crippen LogP contribution in [0.2, 0.25) is 0 Å². The number of carbonyl (C=O) groups excluding carboxylic acids is 1. The molecule has 0 bridgehead atoms. The molecule has 5 heterocycles.